The molecule has 0 unspecified atom stereocenters. The van der Waals surface area contributed by atoms with E-state index in [2.05, 4.69) is 19.2 Å². The van der Waals surface area contributed by atoms with Crippen LogP contribution in [0.15, 0.2) is 29.8 Å². The van der Waals surface area contributed by atoms with Crippen LogP contribution < -0.4 is 5.32 Å². The fourth-order valence-electron chi connectivity index (χ4n) is 3.31. The van der Waals surface area contributed by atoms with Crippen molar-refractivity contribution in [2.45, 2.75) is 51.5 Å². The van der Waals surface area contributed by atoms with Gasteiger partial charge in [0.15, 0.2) is 0 Å². The summed E-state index contributed by atoms with van der Waals surface area (Å²) in [5.41, 5.74) is 2.00. The second kappa shape index (κ2) is 6.59. The Morgan fingerprint density at radius 2 is 1.71 bits per heavy atom. The first kappa shape index (κ1) is 16.4. The third kappa shape index (κ3) is 3.11. The number of amides is 4. The number of barbiturate groups is 1. The van der Waals surface area contributed by atoms with Gasteiger partial charge in [0.05, 0.1) is 0 Å². The molecule has 0 bridgehead atoms. The molecule has 1 aromatic carbocycles. The van der Waals surface area contributed by atoms with E-state index < -0.39 is 17.8 Å². The van der Waals surface area contributed by atoms with Crippen molar-refractivity contribution in [2.24, 2.45) is 0 Å². The van der Waals surface area contributed by atoms with Gasteiger partial charge in [0.1, 0.15) is 5.57 Å². The fourth-order valence-corrected chi connectivity index (χ4v) is 3.31. The Balaban J connectivity index is 1.88. The molecule has 0 aromatic heterocycles. The van der Waals surface area contributed by atoms with Gasteiger partial charge in [-0.3, -0.25) is 19.8 Å². The summed E-state index contributed by atoms with van der Waals surface area (Å²) in [6, 6.07) is 7.06. The summed E-state index contributed by atoms with van der Waals surface area (Å²) in [5.74, 6) is -0.683. The lowest BCUT2D eigenvalue weighted by Crippen LogP contribution is -2.57. The molecule has 2 fully saturated rings. The Morgan fingerprint density at radius 1 is 1.08 bits per heavy atom. The highest BCUT2D eigenvalue weighted by Crippen LogP contribution is 2.27. The largest absolute Gasteiger partial charge is 0.331 e. The molecule has 1 aliphatic heterocycles. The van der Waals surface area contributed by atoms with E-state index in [1.807, 2.05) is 24.3 Å². The third-order valence-electron chi connectivity index (χ3n) is 4.74. The van der Waals surface area contributed by atoms with E-state index in [4.69, 9.17) is 0 Å². The van der Waals surface area contributed by atoms with Crippen LogP contribution in [0, 0.1) is 0 Å². The number of urea groups is 1. The van der Waals surface area contributed by atoms with Crippen LogP contribution in [0.1, 0.15) is 56.6 Å². The lowest BCUT2D eigenvalue weighted by atomic mass is 10.00. The molecule has 126 valence electrons. The molecule has 5 nitrogen and oxygen atoms in total. The second-order valence-electron chi connectivity index (χ2n) is 6.75. The molecule has 1 aromatic rings. The topological polar surface area (TPSA) is 66.5 Å². The Kier molecular flexibility index (Phi) is 4.51. The van der Waals surface area contributed by atoms with Gasteiger partial charge in [0, 0.05) is 6.04 Å². The third-order valence-corrected chi connectivity index (χ3v) is 4.74. The first-order valence-corrected chi connectivity index (χ1v) is 8.48. The smallest absolute Gasteiger partial charge is 0.273 e. The number of nitrogens with zero attached hydrogens (tertiary/aromatic N) is 1. The van der Waals surface area contributed by atoms with Crippen molar-refractivity contribution in [3.05, 3.63) is 41.0 Å². The van der Waals surface area contributed by atoms with Gasteiger partial charge in [0.2, 0.25) is 0 Å². The summed E-state index contributed by atoms with van der Waals surface area (Å²) in [5, 5.41) is 2.30. The van der Waals surface area contributed by atoms with Crippen LogP contribution in [0.3, 0.4) is 0 Å². The Hall–Kier alpha value is -2.43. The lowest BCUT2D eigenvalue weighted by molar-refractivity contribution is -0.131. The van der Waals surface area contributed by atoms with Crippen LogP contribution in [-0.2, 0) is 9.59 Å². The number of carbonyl (C=O) groups is 3. The van der Waals surface area contributed by atoms with E-state index in [9.17, 15) is 14.4 Å². The molecule has 4 amide bonds. The molecule has 1 heterocycles. The first-order valence-electron chi connectivity index (χ1n) is 8.48. The number of hydrogen-bond acceptors (Lipinski definition) is 3. The zero-order valence-corrected chi connectivity index (χ0v) is 14.0. The maximum absolute atomic E-state index is 12.7. The molecule has 1 N–H and O–H groups in total. The number of rotatable bonds is 3. The van der Waals surface area contributed by atoms with E-state index in [0.717, 1.165) is 31.2 Å². The number of benzene rings is 1. The van der Waals surface area contributed by atoms with Gasteiger partial charge < -0.3 is 0 Å². The van der Waals surface area contributed by atoms with Crippen LogP contribution in [0.4, 0.5) is 4.79 Å². The monoisotopic (exact) mass is 326 g/mol. The molecule has 1 aliphatic carbocycles. The predicted octanol–water partition coefficient (Wildman–Crippen LogP) is 3.21. The highest BCUT2D eigenvalue weighted by atomic mass is 16.2. The average molecular weight is 326 g/mol. The van der Waals surface area contributed by atoms with Crippen LogP contribution in [-0.4, -0.2) is 28.8 Å². The standard InChI is InChI=1S/C19H22N2O3/c1-12(2)14-9-7-13(8-10-14)11-16-17(22)20-19(24)21(18(16)23)15-5-3-4-6-15/h7-12,15H,3-6H2,1-2H3,(H,20,22,24)/b16-11+. The zero-order chi connectivity index (χ0) is 17.3. The number of hydrogen-bond donors (Lipinski definition) is 1. The molecule has 3 rings (SSSR count). The molecular weight excluding hydrogens is 304 g/mol. The summed E-state index contributed by atoms with van der Waals surface area (Å²) in [4.78, 5) is 38.1. The Labute approximate surface area is 141 Å². The summed E-state index contributed by atoms with van der Waals surface area (Å²) in [6.07, 6.45) is 5.19. The van der Waals surface area contributed by atoms with Crippen molar-refractivity contribution in [3.8, 4) is 0 Å². The fraction of sp³-hybridized carbons (Fsp3) is 0.421. The van der Waals surface area contributed by atoms with Gasteiger partial charge in [-0.25, -0.2) is 4.79 Å². The van der Waals surface area contributed by atoms with E-state index in [-0.39, 0.29) is 11.6 Å². The van der Waals surface area contributed by atoms with Crippen molar-refractivity contribution < 1.29 is 14.4 Å². The minimum atomic E-state index is -0.618. The lowest BCUT2D eigenvalue weighted by Gasteiger charge is -2.31. The van der Waals surface area contributed by atoms with E-state index in [1.54, 1.807) is 6.08 Å². The molecule has 5 heteroatoms. The number of nitrogens with one attached hydrogen (secondary N) is 1. The highest BCUT2D eigenvalue weighted by Gasteiger charge is 2.40. The van der Waals surface area contributed by atoms with Gasteiger partial charge in [-0.2, -0.15) is 0 Å². The molecule has 0 atom stereocenters. The van der Waals surface area contributed by atoms with Gasteiger partial charge in [-0.05, 0) is 36.0 Å². The maximum atomic E-state index is 12.7. The average Bonchev–Trinajstić information content (AvgIpc) is 3.05. The summed E-state index contributed by atoms with van der Waals surface area (Å²) in [7, 11) is 0. The number of carbonyl (C=O) groups excluding carboxylic acids is 3. The van der Waals surface area contributed by atoms with Gasteiger partial charge in [-0.15, -0.1) is 0 Å². The highest BCUT2D eigenvalue weighted by molar-refractivity contribution is 6.31. The van der Waals surface area contributed by atoms with E-state index in [1.165, 1.54) is 10.5 Å². The quantitative estimate of drug-likeness (QED) is 0.685. The van der Waals surface area contributed by atoms with Crippen LogP contribution in [0.25, 0.3) is 6.08 Å². The minimum absolute atomic E-state index is 0.0267. The van der Waals surface area contributed by atoms with Crippen LogP contribution in [0.5, 0.6) is 0 Å². The van der Waals surface area contributed by atoms with Gasteiger partial charge in [0.25, 0.3) is 11.8 Å². The van der Waals surface area contributed by atoms with E-state index >= 15 is 0 Å². The minimum Gasteiger partial charge on any atom is -0.273 e. The second-order valence-corrected chi connectivity index (χ2v) is 6.75. The van der Waals surface area contributed by atoms with Crippen molar-refractivity contribution in [2.75, 3.05) is 0 Å². The summed E-state index contributed by atoms with van der Waals surface area (Å²) >= 11 is 0. The first-order chi connectivity index (χ1) is 11.5. The predicted molar refractivity (Wildman–Crippen MR) is 91.1 cm³/mol. The van der Waals surface area contributed by atoms with Crippen LogP contribution in [0.2, 0.25) is 0 Å². The van der Waals surface area contributed by atoms with Gasteiger partial charge in [-0.1, -0.05) is 51.0 Å². The van der Waals surface area contributed by atoms with Crippen LogP contribution >= 0.6 is 0 Å². The molecule has 24 heavy (non-hydrogen) atoms. The number of imide groups is 2. The molecule has 0 spiro atoms. The molecule has 1 saturated carbocycles. The van der Waals surface area contributed by atoms with Crippen molar-refractivity contribution in [1.82, 2.24) is 10.2 Å². The summed E-state index contributed by atoms with van der Waals surface area (Å²) < 4.78 is 0. The Bertz CT molecular complexity index is 698. The molecule has 2 aliphatic rings. The molecular formula is C19H22N2O3. The SMILES string of the molecule is CC(C)c1ccc(/C=C2\C(=O)NC(=O)N(C3CCCC3)C2=O)cc1. The van der Waals surface area contributed by atoms with Gasteiger partial charge >= 0.3 is 6.03 Å². The maximum Gasteiger partial charge on any atom is 0.331 e. The van der Waals surface area contributed by atoms with Crippen molar-refractivity contribution in [3.63, 3.8) is 0 Å². The molecule has 1 saturated heterocycles. The van der Waals surface area contributed by atoms with Crippen molar-refractivity contribution >= 4 is 23.9 Å². The van der Waals surface area contributed by atoms with E-state index in [0.29, 0.717) is 5.92 Å². The van der Waals surface area contributed by atoms with Crippen molar-refractivity contribution in [1.29, 1.82) is 0 Å². The zero-order valence-electron chi connectivity index (χ0n) is 14.0. The molecule has 0 radical (unpaired) electrons. The normalized spacial score (nSPS) is 21.0. The Morgan fingerprint density at radius 3 is 2.29 bits per heavy atom. The summed E-state index contributed by atoms with van der Waals surface area (Å²) in [6.45, 7) is 4.22.